The Bertz CT molecular complexity index is 957. The predicted octanol–water partition coefficient (Wildman–Crippen LogP) is 4.80. The van der Waals surface area contributed by atoms with Crippen LogP contribution in [0.1, 0.15) is 25.0 Å². The van der Waals surface area contributed by atoms with Crippen LogP contribution in [0.5, 0.6) is 5.75 Å². The van der Waals surface area contributed by atoms with E-state index in [0.29, 0.717) is 6.29 Å². The molecule has 0 N–H and O–H groups in total. The SMILES string of the molecule is Cc1ccc(N2c3ccc([N+](=O)[O-])cc3OC(C)(C)C2C=O)cc1C(F)(F)F. The van der Waals surface area contributed by atoms with Crippen LogP contribution in [0.3, 0.4) is 0 Å². The number of rotatable bonds is 3. The molecule has 3 rings (SSSR count). The van der Waals surface area contributed by atoms with E-state index in [1.54, 1.807) is 13.8 Å². The summed E-state index contributed by atoms with van der Waals surface area (Å²) in [6, 6.07) is 6.62. The van der Waals surface area contributed by atoms with Gasteiger partial charge in [0.25, 0.3) is 5.69 Å². The fourth-order valence-electron chi connectivity index (χ4n) is 3.29. The van der Waals surface area contributed by atoms with E-state index in [9.17, 15) is 28.1 Å². The zero-order valence-electron chi connectivity index (χ0n) is 15.3. The molecule has 0 fully saturated rings. The Kier molecular flexibility index (Phi) is 4.57. The average molecular weight is 394 g/mol. The maximum atomic E-state index is 13.4. The van der Waals surface area contributed by atoms with Gasteiger partial charge in [-0.05, 0) is 44.5 Å². The van der Waals surface area contributed by atoms with Crippen LogP contribution in [0.4, 0.5) is 30.2 Å². The first-order valence-corrected chi connectivity index (χ1v) is 8.35. The summed E-state index contributed by atoms with van der Waals surface area (Å²) in [5, 5.41) is 11.1. The van der Waals surface area contributed by atoms with Gasteiger partial charge >= 0.3 is 6.18 Å². The van der Waals surface area contributed by atoms with Crippen LogP contribution >= 0.6 is 0 Å². The van der Waals surface area contributed by atoms with Gasteiger partial charge in [0.05, 0.1) is 22.2 Å². The molecular weight excluding hydrogens is 377 g/mol. The third kappa shape index (κ3) is 3.28. The van der Waals surface area contributed by atoms with E-state index in [2.05, 4.69) is 0 Å². The summed E-state index contributed by atoms with van der Waals surface area (Å²) in [5.41, 5.74) is -1.70. The topological polar surface area (TPSA) is 72.7 Å². The summed E-state index contributed by atoms with van der Waals surface area (Å²) in [6.45, 7) is 4.55. The molecule has 2 aromatic carbocycles. The molecule has 0 aromatic heterocycles. The summed E-state index contributed by atoms with van der Waals surface area (Å²) in [4.78, 5) is 23.7. The number of nitro groups is 1. The fourth-order valence-corrected chi connectivity index (χ4v) is 3.29. The lowest BCUT2D eigenvalue weighted by molar-refractivity contribution is -0.385. The predicted molar refractivity (Wildman–Crippen MR) is 96.0 cm³/mol. The van der Waals surface area contributed by atoms with E-state index in [-0.39, 0.29) is 28.4 Å². The van der Waals surface area contributed by atoms with Gasteiger partial charge in [0.15, 0.2) is 5.75 Å². The van der Waals surface area contributed by atoms with Gasteiger partial charge in [0, 0.05) is 11.8 Å². The van der Waals surface area contributed by atoms with Crippen LogP contribution in [0, 0.1) is 17.0 Å². The van der Waals surface area contributed by atoms with Crippen molar-refractivity contribution in [3.8, 4) is 5.75 Å². The largest absolute Gasteiger partial charge is 0.483 e. The number of hydrogen-bond donors (Lipinski definition) is 0. The molecule has 0 saturated heterocycles. The van der Waals surface area contributed by atoms with Crippen LogP contribution in [0.2, 0.25) is 0 Å². The summed E-state index contributed by atoms with van der Waals surface area (Å²) >= 11 is 0. The Hall–Kier alpha value is -3.10. The number of non-ortho nitro benzene ring substituents is 1. The second-order valence-corrected chi connectivity index (χ2v) is 7.06. The molecule has 0 aliphatic carbocycles. The Balaban J connectivity index is 2.24. The quantitative estimate of drug-likeness (QED) is 0.425. The van der Waals surface area contributed by atoms with Crippen molar-refractivity contribution in [2.75, 3.05) is 4.90 Å². The molecule has 0 bridgehead atoms. The van der Waals surface area contributed by atoms with Crippen molar-refractivity contribution >= 4 is 23.3 Å². The standard InChI is InChI=1S/C19H17F3N2O4/c1-11-4-5-12(8-14(11)19(20,21)22)23-15-7-6-13(24(26)27)9-16(15)28-18(2,3)17(23)10-25/h4-10,17H,1-3H3. The Morgan fingerprint density at radius 2 is 1.89 bits per heavy atom. The lowest BCUT2D eigenvalue weighted by atomic mass is 9.93. The van der Waals surface area contributed by atoms with Gasteiger partial charge in [-0.25, -0.2) is 0 Å². The number of aryl methyl sites for hydroxylation is 1. The number of aldehydes is 1. The number of alkyl halides is 3. The van der Waals surface area contributed by atoms with E-state index >= 15 is 0 Å². The lowest BCUT2D eigenvalue weighted by Crippen LogP contribution is -2.55. The number of hydrogen-bond acceptors (Lipinski definition) is 5. The lowest BCUT2D eigenvalue weighted by Gasteiger charge is -2.45. The first-order chi connectivity index (χ1) is 13.0. The van der Waals surface area contributed by atoms with E-state index in [1.165, 1.54) is 42.2 Å². The van der Waals surface area contributed by atoms with Crippen molar-refractivity contribution < 1.29 is 27.6 Å². The van der Waals surface area contributed by atoms with E-state index in [4.69, 9.17) is 4.74 Å². The zero-order chi connectivity index (χ0) is 20.9. The minimum Gasteiger partial charge on any atom is -0.483 e. The monoisotopic (exact) mass is 394 g/mol. The Morgan fingerprint density at radius 3 is 2.46 bits per heavy atom. The van der Waals surface area contributed by atoms with Crippen molar-refractivity contribution in [2.45, 2.75) is 38.6 Å². The number of anilines is 2. The maximum Gasteiger partial charge on any atom is 0.416 e. The zero-order valence-corrected chi connectivity index (χ0v) is 15.3. The Morgan fingerprint density at radius 1 is 1.21 bits per heavy atom. The molecule has 2 aromatic rings. The molecule has 0 spiro atoms. The molecule has 9 heteroatoms. The van der Waals surface area contributed by atoms with Crippen molar-refractivity contribution in [1.29, 1.82) is 0 Å². The number of halogens is 3. The van der Waals surface area contributed by atoms with E-state index < -0.39 is 28.3 Å². The van der Waals surface area contributed by atoms with Crippen molar-refractivity contribution in [1.82, 2.24) is 0 Å². The normalized spacial score (nSPS) is 18.2. The summed E-state index contributed by atoms with van der Waals surface area (Å²) < 4.78 is 45.9. The molecule has 0 radical (unpaired) electrons. The van der Waals surface area contributed by atoms with Gasteiger partial charge in [0.1, 0.15) is 17.9 Å². The Labute approximate surface area is 158 Å². The van der Waals surface area contributed by atoms with Gasteiger partial charge in [-0.3, -0.25) is 10.1 Å². The molecule has 0 amide bonds. The molecule has 1 atom stereocenters. The highest BCUT2D eigenvalue weighted by molar-refractivity contribution is 5.82. The first-order valence-electron chi connectivity index (χ1n) is 8.35. The molecular formula is C19H17F3N2O4. The number of nitrogens with zero attached hydrogens (tertiary/aromatic N) is 2. The minimum absolute atomic E-state index is 0.0512. The number of fused-ring (bicyclic) bond motifs is 1. The van der Waals surface area contributed by atoms with Gasteiger partial charge in [-0.15, -0.1) is 0 Å². The third-order valence-corrected chi connectivity index (χ3v) is 4.71. The van der Waals surface area contributed by atoms with Crippen LogP contribution < -0.4 is 9.64 Å². The van der Waals surface area contributed by atoms with Crippen molar-refractivity contribution in [3.05, 3.63) is 57.6 Å². The number of nitro benzene ring substituents is 1. The highest BCUT2D eigenvalue weighted by Crippen LogP contribution is 2.46. The van der Waals surface area contributed by atoms with Crippen molar-refractivity contribution in [2.24, 2.45) is 0 Å². The second-order valence-electron chi connectivity index (χ2n) is 7.06. The van der Waals surface area contributed by atoms with Crippen LogP contribution in [-0.2, 0) is 11.0 Å². The average Bonchev–Trinajstić information content (AvgIpc) is 2.58. The minimum atomic E-state index is -4.56. The van der Waals surface area contributed by atoms with Gasteiger partial charge in [0.2, 0.25) is 0 Å². The fraction of sp³-hybridized carbons (Fsp3) is 0.316. The van der Waals surface area contributed by atoms with E-state index in [1.807, 2.05) is 0 Å². The molecule has 0 saturated carbocycles. The second kappa shape index (κ2) is 6.50. The molecule has 1 unspecified atom stereocenters. The van der Waals surface area contributed by atoms with Crippen molar-refractivity contribution in [3.63, 3.8) is 0 Å². The van der Waals surface area contributed by atoms with Crippen LogP contribution in [-0.4, -0.2) is 22.9 Å². The number of ether oxygens (including phenoxy) is 1. The van der Waals surface area contributed by atoms with E-state index in [0.717, 1.165) is 6.07 Å². The first kappa shape index (κ1) is 19.7. The van der Waals surface area contributed by atoms with Gasteiger partial charge < -0.3 is 14.4 Å². The number of carbonyl (C=O) groups excluding carboxylic acids is 1. The molecule has 6 nitrogen and oxygen atoms in total. The summed E-state index contributed by atoms with van der Waals surface area (Å²) in [6.07, 6.45) is -3.96. The highest BCUT2D eigenvalue weighted by Gasteiger charge is 2.44. The van der Waals surface area contributed by atoms with Crippen LogP contribution in [0.25, 0.3) is 0 Å². The maximum absolute atomic E-state index is 13.4. The van der Waals surface area contributed by atoms with Gasteiger partial charge in [-0.1, -0.05) is 6.07 Å². The number of benzene rings is 2. The van der Waals surface area contributed by atoms with Gasteiger partial charge in [-0.2, -0.15) is 13.2 Å². The molecule has 1 aliphatic rings. The number of carbonyl (C=O) groups is 1. The molecule has 28 heavy (non-hydrogen) atoms. The summed E-state index contributed by atoms with van der Waals surface area (Å²) in [7, 11) is 0. The molecule has 1 aliphatic heterocycles. The smallest absolute Gasteiger partial charge is 0.416 e. The highest BCUT2D eigenvalue weighted by atomic mass is 19.4. The molecule has 148 valence electrons. The van der Waals surface area contributed by atoms with Crippen LogP contribution in [0.15, 0.2) is 36.4 Å². The molecule has 1 heterocycles. The third-order valence-electron chi connectivity index (χ3n) is 4.71. The summed E-state index contributed by atoms with van der Waals surface area (Å²) in [5.74, 6) is 0.117.